The number of aliphatic hydroxyl groups excluding tert-OH is 1. The minimum Gasteiger partial charge on any atom is -0.393 e. The van der Waals surface area contributed by atoms with Gasteiger partial charge in [-0.15, -0.1) is 0 Å². The van der Waals surface area contributed by atoms with E-state index in [1.165, 1.54) is 57.1 Å². The zero-order valence-corrected chi connectivity index (χ0v) is 17.6. The molecule has 0 saturated heterocycles. The van der Waals surface area contributed by atoms with E-state index < -0.39 is 0 Å². The highest BCUT2D eigenvalue weighted by atomic mass is 16.3. The fourth-order valence-electron chi connectivity index (χ4n) is 7.32. The van der Waals surface area contributed by atoms with Crippen molar-refractivity contribution in [2.45, 2.75) is 90.6 Å². The monoisotopic (exact) mass is 372 g/mol. The lowest BCUT2D eigenvalue weighted by atomic mass is 9.47. The third kappa shape index (κ3) is 3.33. The van der Waals surface area contributed by atoms with Crippen molar-refractivity contribution in [2.24, 2.45) is 39.3 Å². The van der Waals surface area contributed by atoms with Crippen LogP contribution in [-0.4, -0.2) is 30.0 Å². The number of aliphatic imine (C=N–C) groups is 1. The summed E-state index contributed by atoms with van der Waals surface area (Å²) >= 11 is 0. The second-order valence-corrected chi connectivity index (χ2v) is 10.4. The highest BCUT2D eigenvalue weighted by molar-refractivity contribution is 5.96. The van der Waals surface area contributed by atoms with Gasteiger partial charge < -0.3 is 10.8 Å². The number of allylic oxidation sites excluding steroid dienone is 2. The van der Waals surface area contributed by atoms with Gasteiger partial charge in [-0.1, -0.05) is 25.8 Å². The smallest absolute Gasteiger partial charge is 0.0596 e. The van der Waals surface area contributed by atoms with Gasteiger partial charge in [-0.2, -0.15) is 0 Å². The third-order valence-corrected chi connectivity index (χ3v) is 9.10. The predicted octanol–water partition coefficient (Wildman–Crippen LogP) is 4.88. The van der Waals surface area contributed by atoms with Gasteiger partial charge in [-0.05, 0) is 105 Å². The lowest BCUT2D eigenvalue weighted by Crippen LogP contribution is -2.51. The zero-order valence-electron chi connectivity index (χ0n) is 17.6. The maximum absolute atomic E-state index is 10.6. The van der Waals surface area contributed by atoms with Gasteiger partial charge in [0.2, 0.25) is 0 Å². The molecule has 6 atom stereocenters. The summed E-state index contributed by atoms with van der Waals surface area (Å²) in [7, 11) is 0. The Balaban J connectivity index is 1.47. The van der Waals surface area contributed by atoms with Crippen LogP contribution < -0.4 is 5.73 Å². The molecule has 3 saturated carbocycles. The second-order valence-electron chi connectivity index (χ2n) is 10.4. The fraction of sp³-hybridized carbons (Fsp3) is 0.875. The lowest BCUT2D eigenvalue weighted by Gasteiger charge is -2.57. The van der Waals surface area contributed by atoms with Gasteiger partial charge in [0.1, 0.15) is 0 Å². The summed E-state index contributed by atoms with van der Waals surface area (Å²) in [6.45, 7) is 6.72. The first-order valence-electron chi connectivity index (χ1n) is 11.6. The van der Waals surface area contributed by atoms with E-state index in [1.807, 2.05) is 0 Å². The molecule has 3 nitrogen and oxygen atoms in total. The molecular weight excluding hydrogens is 332 g/mol. The van der Waals surface area contributed by atoms with Crippen LogP contribution in [0.5, 0.6) is 0 Å². The molecule has 3 unspecified atom stereocenters. The van der Waals surface area contributed by atoms with E-state index in [-0.39, 0.29) is 11.5 Å². The Hall–Kier alpha value is -0.670. The van der Waals surface area contributed by atoms with Crippen LogP contribution >= 0.6 is 0 Å². The molecule has 0 aromatic rings. The van der Waals surface area contributed by atoms with Crippen molar-refractivity contribution in [1.82, 2.24) is 0 Å². The minimum atomic E-state index is -0.0578. The summed E-state index contributed by atoms with van der Waals surface area (Å²) in [6, 6.07) is 0. The first kappa shape index (κ1) is 19.6. The van der Waals surface area contributed by atoms with Gasteiger partial charge >= 0.3 is 0 Å². The average molecular weight is 373 g/mol. The van der Waals surface area contributed by atoms with Crippen molar-refractivity contribution in [1.29, 1.82) is 0 Å². The Morgan fingerprint density at radius 3 is 2.70 bits per heavy atom. The van der Waals surface area contributed by atoms with Gasteiger partial charge in [0.25, 0.3) is 0 Å². The molecule has 4 rings (SSSR count). The van der Waals surface area contributed by atoms with E-state index in [2.05, 4.69) is 19.9 Å². The Morgan fingerprint density at radius 1 is 1.04 bits per heavy atom. The van der Waals surface area contributed by atoms with E-state index in [1.54, 1.807) is 5.57 Å². The van der Waals surface area contributed by atoms with Gasteiger partial charge in [-0.25, -0.2) is 0 Å². The first-order valence-corrected chi connectivity index (χ1v) is 11.6. The molecule has 0 spiro atoms. The number of fused-ring (bicyclic) bond motifs is 5. The molecule has 152 valence electrons. The molecule has 27 heavy (non-hydrogen) atoms. The summed E-state index contributed by atoms with van der Waals surface area (Å²) < 4.78 is 0. The van der Waals surface area contributed by atoms with Crippen LogP contribution in [0.25, 0.3) is 0 Å². The molecule has 3 fully saturated rings. The maximum Gasteiger partial charge on any atom is 0.0596 e. The molecule has 0 aromatic heterocycles. The zero-order chi connectivity index (χ0) is 19.1. The van der Waals surface area contributed by atoms with Crippen molar-refractivity contribution in [3.05, 3.63) is 11.6 Å². The van der Waals surface area contributed by atoms with E-state index in [9.17, 15) is 5.11 Å². The molecule has 3 N–H and O–H groups in total. The van der Waals surface area contributed by atoms with Gasteiger partial charge in [0.05, 0.1) is 6.10 Å². The summed E-state index contributed by atoms with van der Waals surface area (Å²) in [4.78, 5) is 4.92. The molecule has 0 aliphatic heterocycles. The van der Waals surface area contributed by atoms with E-state index in [0.29, 0.717) is 5.41 Å². The van der Waals surface area contributed by atoms with Crippen LogP contribution in [0.15, 0.2) is 16.6 Å². The van der Waals surface area contributed by atoms with Gasteiger partial charge in [0.15, 0.2) is 0 Å². The third-order valence-electron chi connectivity index (χ3n) is 9.10. The van der Waals surface area contributed by atoms with Gasteiger partial charge in [0, 0.05) is 12.3 Å². The number of unbranched alkanes of at least 4 members (excludes halogenated alkanes) is 2. The van der Waals surface area contributed by atoms with Crippen LogP contribution in [0.4, 0.5) is 0 Å². The molecule has 4 aliphatic rings. The molecule has 4 aliphatic carbocycles. The summed E-state index contributed by atoms with van der Waals surface area (Å²) in [6.07, 6.45) is 15.8. The molecular formula is C24H40N2O. The second kappa shape index (κ2) is 7.63. The largest absolute Gasteiger partial charge is 0.393 e. The Morgan fingerprint density at radius 2 is 1.89 bits per heavy atom. The number of rotatable bonds is 5. The average Bonchev–Trinajstić information content (AvgIpc) is 2.97. The van der Waals surface area contributed by atoms with Crippen molar-refractivity contribution < 1.29 is 5.11 Å². The summed E-state index contributed by atoms with van der Waals surface area (Å²) in [5.41, 5.74) is 9.21. The summed E-state index contributed by atoms with van der Waals surface area (Å²) in [5, 5.41) is 10.6. The van der Waals surface area contributed by atoms with E-state index >= 15 is 0 Å². The number of hydrogen-bond donors (Lipinski definition) is 2. The lowest BCUT2D eigenvalue weighted by molar-refractivity contribution is -0.0721. The topological polar surface area (TPSA) is 58.6 Å². The number of hydrogen-bond acceptors (Lipinski definition) is 3. The molecule has 0 bridgehead atoms. The molecule has 3 heteroatoms. The maximum atomic E-state index is 10.6. The number of nitrogens with two attached hydrogens (primary N) is 1. The predicted molar refractivity (Wildman–Crippen MR) is 113 cm³/mol. The molecule has 0 aromatic carbocycles. The van der Waals surface area contributed by atoms with Crippen molar-refractivity contribution in [3.8, 4) is 0 Å². The normalized spacial score (nSPS) is 45.2. The van der Waals surface area contributed by atoms with Crippen LogP contribution in [0.3, 0.4) is 0 Å². The quantitative estimate of drug-likeness (QED) is 0.676. The molecule has 0 amide bonds. The standard InChI is InChI=1S/C24H40N2O/c1-23-12-10-18(26-15-5-3-4-14-25)16-17(23)6-7-19-20-8-9-22(27)24(20,2)13-11-21(19)23/h16,19-22,27H,3-15,25H2,1-2H3/t19?,20?,21?,22-,23+,24+/m1/s1. The van der Waals surface area contributed by atoms with Crippen LogP contribution in [0.1, 0.15) is 84.5 Å². The minimum absolute atomic E-state index is 0.0578. The Kier molecular flexibility index (Phi) is 5.55. The van der Waals surface area contributed by atoms with Crippen LogP contribution in [0, 0.1) is 28.6 Å². The number of nitrogens with zero attached hydrogens (tertiary/aromatic N) is 1. The first-order chi connectivity index (χ1) is 13.0. The van der Waals surface area contributed by atoms with Gasteiger partial charge in [-0.3, -0.25) is 4.99 Å². The SMILES string of the molecule is C[C@]12CCC(=NCCCCCN)C=C1CCC1C2CC[C@@]2(C)C1CC[C@H]2O. The van der Waals surface area contributed by atoms with E-state index in [4.69, 9.17) is 10.7 Å². The molecule has 0 radical (unpaired) electrons. The van der Waals surface area contributed by atoms with Crippen LogP contribution in [0.2, 0.25) is 0 Å². The van der Waals surface area contributed by atoms with Crippen LogP contribution in [-0.2, 0) is 0 Å². The number of aliphatic hydroxyl groups is 1. The Labute approximate surface area is 165 Å². The molecule has 0 heterocycles. The highest BCUT2D eigenvalue weighted by Gasteiger charge is 2.58. The Bertz CT molecular complexity index is 612. The highest BCUT2D eigenvalue weighted by Crippen LogP contribution is 2.65. The van der Waals surface area contributed by atoms with E-state index in [0.717, 1.165) is 50.1 Å². The van der Waals surface area contributed by atoms with Crippen molar-refractivity contribution in [3.63, 3.8) is 0 Å². The van der Waals surface area contributed by atoms with Crippen molar-refractivity contribution in [2.75, 3.05) is 13.1 Å². The fourth-order valence-corrected chi connectivity index (χ4v) is 7.32. The summed E-state index contributed by atoms with van der Waals surface area (Å²) in [5.74, 6) is 2.41. The van der Waals surface area contributed by atoms with Crippen molar-refractivity contribution >= 4 is 5.71 Å².